The molecule has 5 heteroatoms. The Labute approximate surface area is 139 Å². The zero-order chi connectivity index (χ0) is 17.2. The van der Waals surface area contributed by atoms with Crippen LogP contribution >= 0.6 is 0 Å². The van der Waals surface area contributed by atoms with Gasteiger partial charge in [-0.2, -0.15) is 0 Å². The molecule has 2 rings (SSSR count). The van der Waals surface area contributed by atoms with Crippen LogP contribution in [0, 0.1) is 17.3 Å². The van der Waals surface area contributed by atoms with Crippen molar-refractivity contribution in [1.82, 2.24) is 14.5 Å². The van der Waals surface area contributed by atoms with Gasteiger partial charge in [0, 0.05) is 43.9 Å². The number of aliphatic hydroxyl groups is 1. The maximum absolute atomic E-state index is 12.9. The lowest BCUT2D eigenvalue weighted by Crippen LogP contribution is -2.47. The average molecular weight is 321 g/mol. The molecule has 1 aliphatic rings. The Morgan fingerprint density at radius 1 is 1.48 bits per heavy atom. The first-order valence-corrected chi connectivity index (χ1v) is 8.67. The molecule has 5 nitrogen and oxygen atoms in total. The number of carbonyl (C=O) groups is 1. The van der Waals surface area contributed by atoms with E-state index in [0.717, 1.165) is 25.8 Å². The van der Waals surface area contributed by atoms with E-state index in [2.05, 4.69) is 18.8 Å². The van der Waals surface area contributed by atoms with Gasteiger partial charge in [0.15, 0.2) is 0 Å². The molecule has 0 aromatic carbocycles. The van der Waals surface area contributed by atoms with Gasteiger partial charge in [0.1, 0.15) is 11.9 Å². The van der Waals surface area contributed by atoms with E-state index in [1.807, 2.05) is 36.6 Å². The van der Waals surface area contributed by atoms with Crippen molar-refractivity contribution in [2.24, 2.45) is 24.3 Å². The highest BCUT2D eigenvalue weighted by Crippen LogP contribution is 2.33. The molecular weight excluding hydrogens is 290 g/mol. The van der Waals surface area contributed by atoms with Gasteiger partial charge in [0.2, 0.25) is 5.91 Å². The van der Waals surface area contributed by atoms with Crippen molar-refractivity contribution in [3.63, 3.8) is 0 Å². The average Bonchev–Trinajstić information content (AvgIpc) is 2.90. The van der Waals surface area contributed by atoms with Crippen LogP contribution in [0.1, 0.15) is 58.9 Å². The van der Waals surface area contributed by atoms with Crippen LogP contribution in [-0.4, -0.2) is 38.6 Å². The lowest BCUT2D eigenvalue weighted by Gasteiger charge is -2.39. The molecule has 1 amide bonds. The molecule has 1 N–H and O–H groups in total. The van der Waals surface area contributed by atoms with Crippen molar-refractivity contribution in [3.8, 4) is 0 Å². The summed E-state index contributed by atoms with van der Waals surface area (Å²) < 4.78 is 1.86. The number of rotatable bonds is 5. The second-order valence-electron chi connectivity index (χ2n) is 7.98. The van der Waals surface area contributed by atoms with Gasteiger partial charge in [-0.05, 0) is 25.2 Å². The Bertz CT molecular complexity index is 536. The summed E-state index contributed by atoms with van der Waals surface area (Å²) >= 11 is 0. The normalized spacial score (nSPS) is 20.8. The molecular formula is C18H31N3O2. The molecule has 0 bridgehead atoms. The molecule has 23 heavy (non-hydrogen) atoms. The molecule has 0 saturated carbocycles. The second-order valence-corrected chi connectivity index (χ2v) is 7.98. The van der Waals surface area contributed by atoms with E-state index in [9.17, 15) is 9.90 Å². The molecule has 1 aromatic rings. The van der Waals surface area contributed by atoms with Crippen LogP contribution in [0.15, 0.2) is 12.4 Å². The Hall–Kier alpha value is -1.36. The Morgan fingerprint density at radius 2 is 2.17 bits per heavy atom. The number of hydrogen-bond acceptors (Lipinski definition) is 3. The molecule has 1 saturated heterocycles. The first-order chi connectivity index (χ1) is 10.7. The number of carbonyl (C=O) groups excluding carboxylic acids is 1. The van der Waals surface area contributed by atoms with Crippen LogP contribution in [0.4, 0.5) is 0 Å². The van der Waals surface area contributed by atoms with Crippen molar-refractivity contribution in [1.29, 1.82) is 0 Å². The molecule has 0 aliphatic carbocycles. The van der Waals surface area contributed by atoms with Crippen LogP contribution in [0.25, 0.3) is 0 Å². The minimum Gasteiger partial charge on any atom is -0.385 e. The topological polar surface area (TPSA) is 58.4 Å². The monoisotopic (exact) mass is 321 g/mol. The first-order valence-electron chi connectivity index (χ1n) is 8.67. The first kappa shape index (κ1) is 18.0. The third kappa shape index (κ3) is 4.14. The van der Waals surface area contributed by atoms with E-state index >= 15 is 0 Å². The predicted octanol–water partition coefficient (Wildman–Crippen LogP) is 2.76. The highest BCUT2D eigenvalue weighted by molar-refractivity contribution is 5.82. The fourth-order valence-electron chi connectivity index (χ4n) is 3.86. The molecule has 0 spiro atoms. The summed E-state index contributed by atoms with van der Waals surface area (Å²) in [6.07, 6.45) is 5.69. The van der Waals surface area contributed by atoms with Gasteiger partial charge in [0.25, 0.3) is 0 Å². The zero-order valence-corrected chi connectivity index (χ0v) is 15.1. The highest BCUT2D eigenvalue weighted by Gasteiger charge is 2.37. The van der Waals surface area contributed by atoms with Crippen molar-refractivity contribution >= 4 is 5.91 Å². The minimum atomic E-state index is -0.612. The molecule has 1 aromatic heterocycles. The van der Waals surface area contributed by atoms with Crippen molar-refractivity contribution in [2.45, 2.75) is 53.1 Å². The Balaban J connectivity index is 2.06. The third-order valence-corrected chi connectivity index (χ3v) is 4.81. The SMILES string of the molecule is CC(C)CC(C)(C)C(=O)N1CCCC(C(O)c2nccn2C)C1. The van der Waals surface area contributed by atoms with Gasteiger partial charge in [0.05, 0.1) is 0 Å². The minimum absolute atomic E-state index is 0.0589. The maximum Gasteiger partial charge on any atom is 0.228 e. The van der Waals surface area contributed by atoms with Gasteiger partial charge in [-0.3, -0.25) is 4.79 Å². The summed E-state index contributed by atoms with van der Waals surface area (Å²) in [6, 6.07) is 0. The van der Waals surface area contributed by atoms with Crippen LogP contribution in [0.3, 0.4) is 0 Å². The second kappa shape index (κ2) is 7.04. The highest BCUT2D eigenvalue weighted by atomic mass is 16.3. The number of imidazole rings is 1. The van der Waals surface area contributed by atoms with Crippen molar-refractivity contribution < 1.29 is 9.90 Å². The quantitative estimate of drug-likeness (QED) is 0.907. The van der Waals surface area contributed by atoms with Crippen molar-refractivity contribution in [2.75, 3.05) is 13.1 Å². The standard InChI is InChI=1S/C18H31N3O2/c1-13(2)11-18(3,4)17(23)21-9-6-7-14(12-21)15(22)16-19-8-10-20(16)5/h8,10,13-15,22H,6-7,9,11-12H2,1-5H3. The molecule has 1 aliphatic heterocycles. The summed E-state index contributed by atoms with van der Waals surface area (Å²) in [6.45, 7) is 9.79. The number of amides is 1. The Morgan fingerprint density at radius 3 is 2.74 bits per heavy atom. The largest absolute Gasteiger partial charge is 0.385 e. The van der Waals surface area contributed by atoms with E-state index in [4.69, 9.17) is 0 Å². The van der Waals surface area contributed by atoms with E-state index in [0.29, 0.717) is 18.3 Å². The smallest absolute Gasteiger partial charge is 0.228 e. The number of hydrogen-bond donors (Lipinski definition) is 1. The number of piperidine rings is 1. The van der Waals surface area contributed by atoms with Crippen LogP contribution in [0.5, 0.6) is 0 Å². The lowest BCUT2D eigenvalue weighted by atomic mass is 9.81. The lowest BCUT2D eigenvalue weighted by molar-refractivity contribution is -0.144. The van der Waals surface area contributed by atoms with Crippen LogP contribution in [-0.2, 0) is 11.8 Å². The number of nitrogens with zero attached hydrogens (tertiary/aromatic N) is 3. The summed E-state index contributed by atoms with van der Waals surface area (Å²) in [5, 5.41) is 10.6. The van der Waals surface area contributed by atoms with E-state index < -0.39 is 6.10 Å². The van der Waals surface area contributed by atoms with E-state index in [-0.39, 0.29) is 17.2 Å². The Kier molecular flexibility index (Phi) is 5.50. The number of aryl methyl sites for hydroxylation is 1. The fourth-order valence-corrected chi connectivity index (χ4v) is 3.86. The number of aromatic nitrogens is 2. The molecule has 1 fully saturated rings. The van der Waals surface area contributed by atoms with E-state index in [1.165, 1.54) is 0 Å². The third-order valence-electron chi connectivity index (χ3n) is 4.81. The van der Waals surface area contributed by atoms with Gasteiger partial charge < -0.3 is 14.6 Å². The predicted molar refractivity (Wildman–Crippen MR) is 90.7 cm³/mol. The van der Waals surface area contributed by atoms with Crippen molar-refractivity contribution in [3.05, 3.63) is 18.2 Å². The van der Waals surface area contributed by atoms with Gasteiger partial charge >= 0.3 is 0 Å². The van der Waals surface area contributed by atoms with Gasteiger partial charge in [-0.25, -0.2) is 4.98 Å². The van der Waals surface area contributed by atoms with Gasteiger partial charge in [-0.1, -0.05) is 27.7 Å². The summed E-state index contributed by atoms with van der Waals surface area (Å²) in [5.74, 6) is 1.45. The van der Waals surface area contributed by atoms with E-state index in [1.54, 1.807) is 6.20 Å². The fraction of sp³-hybridized carbons (Fsp3) is 0.778. The zero-order valence-electron chi connectivity index (χ0n) is 15.1. The summed E-state index contributed by atoms with van der Waals surface area (Å²) in [7, 11) is 1.89. The van der Waals surface area contributed by atoms with Crippen LogP contribution in [0.2, 0.25) is 0 Å². The molecule has 2 heterocycles. The van der Waals surface area contributed by atoms with Gasteiger partial charge in [-0.15, -0.1) is 0 Å². The number of likely N-dealkylation sites (tertiary alicyclic amines) is 1. The maximum atomic E-state index is 12.9. The summed E-state index contributed by atoms with van der Waals surface area (Å²) in [5.41, 5.74) is -0.343. The number of aliphatic hydroxyl groups excluding tert-OH is 1. The molecule has 0 radical (unpaired) electrons. The molecule has 2 atom stereocenters. The van der Waals surface area contributed by atoms with Crippen LogP contribution < -0.4 is 0 Å². The molecule has 2 unspecified atom stereocenters. The molecule has 130 valence electrons. The summed E-state index contributed by atoms with van der Waals surface area (Å²) in [4.78, 5) is 19.1.